The summed E-state index contributed by atoms with van der Waals surface area (Å²) in [5.41, 5.74) is 5.38. The van der Waals surface area contributed by atoms with E-state index in [0.717, 1.165) is 6.42 Å². The van der Waals surface area contributed by atoms with Crippen LogP contribution in [0.2, 0.25) is 0 Å². The highest BCUT2D eigenvalue weighted by molar-refractivity contribution is 9.10. The second-order valence-corrected chi connectivity index (χ2v) is 5.85. The van der Waals surface area contributed by atoms with Crippen LogP contribution in [0.1, 0.15) is 28.3 Å². The first-order chi connectivity index (χ1) is 9.11. The fourth-order valence-corrected chi connectivity index (χ4v) is 2.91. The smallest absolute Gasteiger partial charge is 0.0361 e. The first-order valence-electron chi connectivity index (χ1n) is 6.59. The molecule has 0 aliphatic heterocycles. The van der Waals surface area contributed by atoms with Gasteiger partial charge in [-0.15, -0.1) is 0 Å². The van der Waals surface area contributed by atoms with Crippen LogP contribution in [0.5, 0.6) is 0 Å². The Kier molecular flexibility index (Phi) is 4.78. The normalized spacial score (nSPS) is 12.4. The van der Waals surface area contributed by atoms with Gasteiger partial charge in [0.15, 0.2) is 0 Å². The van der Waals surface area contributed by atoms with Gasteiger partial charge in [-0.3, -0.25) is 0 Å². The van der Waals surface area contributed by atoms with E-state index in [1.54, 1.807) is 0 Å². The van der Waals surface area contributed by atoms with Crippen molar-refractivity contribution >= 4 is 15.9 Å². The second kappa shape index (κ2) is 6.36. The molecule has 0 fully saturated rings. The minimum absolute atomic E-state index is 0.347. The predicted octanol–water partition coefficient (Wildman–Crippen LogP) is 4.57. The standard InChI is InChI=1S/C17H20BrN/c1-12-8-9-15(13(2)10-12)17(19-3)11-14-6-4-5-7-16(14)18/h4-10,17,19H,11H2,1-3H3. The van der Waals surface area contributed by atoms with Crippen molar-refractivity contribution in [2.75, 3.05) is 7.05 Å². The van der Waals surface area contributed by atoms with Crippen molar-refractivity contribution in [3.05, 3.63) is 69.2 Å². The third-order valence-electron chi connectivity index (χ3n) is 3.53. The molecule has 0 heterocycles. The van der Waals surface area contributed by atoms with E-state index >= 15 is 0 Å². The Balaban J connectivity index is 2.28. The number of hydrogen-bond donors (Lipinski definition) is 1. The number of likely N-dealkylation sites (N-methyl/N-ethyl adjacent to an activating group) is 1. The van der Waals surface area contributed by atoms with Crippen LogP contribution in [0, 0.1) is 13.8 Å². The molecule has 2 heteroatoms. The molecule has 0 saturated carbocycles. The molecule has 1 atom stereocenters. The van der Waals surface area contributed by atoms with Gasteiger partial charge in [0.25, 0.3) is 0 Å². The molecule has 1 unspecified atom stereocenters. The van der Waals surface area contributed by atoms with Crippen molar-refractivity contribution in [2.24, 2.45) is 0 Å². The molecular weight excluding hydrogens is 298 g/mol. The molecule has 0 radical (unpaired) electrons. The highest BCUT2D eigenvalue weighted by atomic mass is 79.9. The van der Waals surface area contributed by atoms with Crippen LogP contribution < -0.4 is 5.32 Å². The molecule has 2 aromatic rings. The van der Waals surface area contributed by atoms with E-state index in [4.69, 9.17) is 0 Å². The van der Waals surface area contributed by atoms with Crippen LogP contribution in [-0.4, -0.2) is 7.05 Å². The maximum Gasteiger partial charge on any atom is 0.0361 e. The summed E-state index contributed by atoms with van der Waals surface area (Å²) in [7, 11) is 2.03. The summed E-state index contributed by atoms with van der Waals surface area (Å²) in [4.78, 5) is 0. The zero-order valence-corrected chi connectivity index (χ0v) is 13.3. The zero-order chi connectivity index (χ0) is 13.8. The molecule has 2 rings (SSSR count). The van der Waals surface area contributed by atoms with Crippen molar-refractivity contribution in [2.45, 2.75) is 26.3 Å². The van der Waals surface area contributed by atoms with Crippen molar-refractivity contribution in [1.82, 2.24) is 5.32 Å². The maximum absolute atomic E-state index is 3.63. The lowest BCUT2D eigenvalue weighted by Gasteiger charge is -2.20. The summed E-state index contributed by atoms with van der Waals surface area (Å²) in [6.45, 7) is 4.33. The van der Waals surface area contributed by atoms with Crippen molar-refractivity contribution in [3.8, 4) is 0 Å². The average Bonchev–Trinajstić information content (AvgIpc) is 2.39. The number of aryl methyl sites for hydroxylation is 2. The molecule has 0 spiro atoms. The van der Waals surface area contributed by atoms with Crippen LogP contribution in [0.3, 0.4) is 0 Å². The van der Waals surface area contributed by atoms with E-state index in [1.807, 2.05) is 7.05 Å². The highest BCUT2D eigenvalue weighted by Gasteiger charge is 2.13. The largest absolute Gasteiger partial charge is 0.313 e. The number of nitrogens with one attached hydrogen (secondary N) is 1. The van der Waals surface area contributed by atoms with Crippen LogP contribution in [0.25, 0.3) is 0 Å². The molecule has 0 aromatic heterocycles. The van der Waals surface area contributed by atoms with Crippen molar-refractivity contribution < 1.29 is 0 Å². The van der Waals surface area contributed by atoms with E-state index in [-0.39, 0.29) is 0 Å². The highest BCUT2D eigenvalue weighted by Crippen LogP contribution is 2.25. The Morgan fingerprint density at radius 3 is 2.47 bits per heavy atom. The predicted molar refractivity (Wildman–Crippen MR) is 85.6 cm³/mol. The van der Waals surface area contributed by atoms with Gasteiger partial charge in [-0.25, -0.2) is 0 Å². The molecule has 1 nitrogen and oxygen atoms in total. The molecule has 0 saturated heterocycles. The van der Waals surface area contributed by atoms with Gasteiger partial charge in [-0.2, -0.15) is 0 Å². The van der Waals surface area contributed by atoms with Crippen LogP contribution in [0.4, 0.5) is 0 Å². The summed E-state index contributed by atoms with van der Waals surface area (Å²) in [5.74, 6) is 0. The van der Waals surface area contributed by atoms with Crippen molar-refractivity contribution in [3.63, 3.8) is 0 Å². The number of halogens is 1. The average molecular weight is 318 g/mol. The Hall–Kier alpha value is -1.12. The van der Waals surface area contributed by atoms with E-state index in [2.05, 4.69) is 77.6 Å². The van der Waals surface area contributed by atoms with E-state index in [0.29, 0.717) is 6.04 Å². The lowest BCUT2D eigenvalue weighted by Crippen LogP contribution is -2.20. The maximum atomic E-state index is 3.63. The zero-order valence-electron chi connectivity index (χ0n) is 11.7. The Bertz CT molecular complexity index is 563. The third-order valence-corrected chi connectivity index (χ3v) is 4.30. The molecule has 0 aliphatic carbocycles. The van der Waals surface area contributed by atoms with Crippen LogP contribution >= 0.6 is 15.9 Å². The first kappa shape index (κ1) is 14.3. The SMILES string of the molecule is CNC(Cc1ccccc1Br)c1ccc(C)cc1C. The molecule has 2 aromatic carbocycles. The third kappa shape index (κ3) is 3.46. The summed E-state index contributed by atoms with van der Waals surface area (Å²) in [6, 6.07) is 15.4. The monoisotopic (exact) mass is 317 g/mol. The Morgan fingerprint density at radius 1 is 1.11 bits per heavy atom. The van der Waals surface area contributed by atoms with E-state index in [1.165, 1.54) is 26.7 Å². The van der Waals surface area contributed by atoms with Gasteiger partial charge in [0.2, 0.25) is 0 Å². The minimum Gasteiger partial charge on any atom is -0.313 e. The topological polar surface area (TPSA) is 12.0 Å². The number of rotatable bonds is 4. The molecule has 0 bridgehead atoms. The molecule has 1 N–H and O–H groups in total. The molecule has 0 aliphatic rings. The molecular formula is C17H20BrN. The lowest BCUT2D eigenvalue weighted by atomic mass is 9.94. The fourth-order valence-electron chi connectivity index (χ4n) is 2.47. The number of hydrogen-bond acceptors (Lipinski definition) is 1. The Morgan fingerprint density at radius 2 is 1.84 bits per heavy atom. The van der Waals surface area contributed by atoms with E-state index < -0.39 is 0 Å². The minimum atomic E-state index is 0.347. The van der Waals surface area contributed by atoms with Gasteiger partial charge in [-0.05, 0) is 50.1 Å². The summed E-state index contributed by atoms with van der Waals surface area (Å²) in [5, 5.41) is 3.43. The molecule has 100 valence electrons. The Labute approximate surface area is 124 Å². The molecule has 0 amide bonds. The second-order valence-electron chi connectivity index (χ2n) is 5.00. The van der Waals surface area contributed by atoms with E-state index in [9.17, 15) is 0 Å². The molecule has 19 heavy (non-hydrogen) atoms. The van der Waals surface area contributed by atoms with Gasteiger partial charge in [0.05, 0.1) is 0 Å². The summed E-state index contributed by atoms with van der Waals surface area (Å²) >= 11 is 3.63. The summed E-state index contributed by atoms with van der Waals surface area (Å²) < 4.78 is 1.18. The van der Waals surface area contributed by atoms with Gasteiger partial charge in [0, 0.05) is 10.5 Å². The van der Waals surface area contributed by atoms with Gasteiger partial charge in [-0.1, -0.05) is 57.9 Å². The van der Waals surface area contributed by atoms with Crippen LogP contribution in [0.15, 0.2) is 46.9 Å². The summed E-state index contributed by atoms with van der Waals surface area (Å²) in [6.07, 6.45) is 0.988. The first-order valence-corrected chi connectivity index (χ1v) is 7.39. The van der Waals surface area contributed by atoms with Gasteiger partial charge in [0.1, 0.15) is 0 Å². The van der Waals surface area contributed by atoms with Crippen molar-refractivity contribution in [1.29, 1.82) is 0 Å². The van der Waals surface area contributed by atoms with Gasteiger partial charge >= 0.3 is 0 Å². The quantitative estimate of drug-likeness (QED) is 0.871. The van der Waals surface area contributed by atoms with Crippen LogP contribution in [-0.2, 0) is 6.42 Å². The number of benzene rings is 2. The van der Waals surface area contributed by atoms with Gasteiger partial charge < -0.3 is 5.32 Å². The lowest BCUT2D eigenvalue weighted by molar-refractivity contribution is 0.588. The fraction of sp³-hybridized carbons (Fsp3) is 0.294.